The highest BCUT2D eigenvalue weighted by Crippen LogP contribution is 2.27. The second kappa shape index (κ2) is 3.07. The first-order valence-electron chi connectivity index (χ1n) is 2.32. The quantitative estimate of drug-likeness (QED) is 0.474. The summed E-state index contributed by atoms with van der Waals surface area (Å²) in [6, 6.07) is 0. The molecule has 0 N–H and O–H groups in total. The fourth-order valence-electron chi connectivity index (χ4n) is 0.499. The van der Waals surface area contributed by atoms with Crippen molar-refractivity contribution in [3.63, 3.8) is 0 Å². The molecule has 1 saturated heterocycles. The minimum atomic E-state index is -1.13. The van der Waals surface area contributed by atoms with Crippen LogP contribution in [-0.2, 0) is 9.53 Å². The lowest BCUT2D eigenvalue weighted by molar-refractivity contribution is -0.311. The van der Waals surface area contributed by atoms with E-state index in [-0.39, 0.29) is 4.11 Å². The SMILES string of the molecule is O=C([O-])C1OC(I)CS1. The van der Waals surface area contributed by atoms with Crippen LogP contribution in [0.15, 0.2) is 0 Å². The zero-order valence-electron chi connectivity index (χ0n) is 4.37. The molecule has 0 bridgehead atoms. The number of thioether (sulfide) groups is 1. The van der Waals surface area contributed by atoms with Gasteiger partial charge in [0.2, 0.25) is 0 Å². The van der Waals surface area contributed by atoms with Gasteiger partial charge in [0.25, 0.3) is 0 Å². The van der Waals surface area contributed by atoms with E-state index in [9.17, 15) is 9.90 Å². The van der Waals surface area contributed by atoms with Gasteiger partial charge in [0.15, 0.2) is 0 Å². The summed E-state index contributed by atoms with van der Waals surface area (Å²) in [4.78, 5) is 10.1. The van der Waals surface area contributed by atoms with Crippen molar-refractivity contribution in [1.82, 2.24) is 0 Å². The Morgan fingerprint density at radius 1 is 1.89 bits per heavy atom. The highest BCUT2D eigenvalue weighted by molar-refractivity contribution is 14.1. The molecule has 3 nitrogen and oxygen atoms in total. The van der Waals surface area contributed by atoms with Crippen LogP contribution >= 0.6 is 34.4 Å². The zero-order chi connectivity index (χ0) is 6.85. The average Bonchev–Trinajstić information content (AvgIpc) is 2.14. The fourth-order valence-corrected chi connectivity index (χ4v) is 2.37. The molecule has 0 spiro atoms. The van der Waals surface area contributed by atoms with Crippen molar-refractivity contribution >= 4 is 40.3 Å². The van der Waals surface area contributed by atoms with Crippen LogP contribution in [0, 0.1) is 0 Å². The Morgan fingerprint density at radius 3 is 2.78 bits per heavy atom. The molecule has 52 valence electrons. The largest absolute Gasteiger partial charge is 0.546 e. The monoisotopic (exact) mass is 259 g/mol. The van der Waals surface area contributed by atoms with E-state index in [4.69, 9.17) is 4.74 Å². The summed E-state index contributed by atoms with van der Waals surface area (Å²) in [6.45, 7) is 0. The molecular formula is C4H4IO3S-. The molecule has 1 rings (SSSR count). The normalized spacial score (nSPS) is 34.8. The van der Waals surface area contributed by atoms with Crippen molar-refractivity contribution in [1.29, 1.82) is 0 Å². The number of ether oxygens (including phenoxy) is 1. The second-order valence-electron chi connectivity index (χ2n) is 1.53. The second-order valence-corrected chi connectivity index (χ2v) is 4.01. The summed E-state index contributed by atoms with van der Waals surface area (Å²) in [5.41, 5.74) is -0.744. The van der Waals surface area contributed by atoms with Crippen molar-refractivity contribution in [3.8, 4) is 0 Å². The van der Waals surface area contributed by atoms with Crippen molar-refractivity contribution < 1.29 is 14.6 Å². The maximum Gasteiger partial charge on any atom is 0.144 e. The lowest BCUT2D eigenvalue weighted by atomic mass is 10.7. The summed E-state index contributed by atoms with van der Waals surface area (Å²) in [5, 5.41) is 10.1. The molecule has 2 atom stereocenters. The van der Waals surface area contributed by atoms with Crippen LogP contribution in [-0.4, -0.2) is 21.3 Å². The molecule has 0 aromatic rings. The van der Waals surface area contributed by atoms with E-state index in [1.54, 1.807) is 0 Å². The third-order valence-corrected chi connectivity index (χ3v) is 3.28. The van der Waals surface area contributed by atoms with Crippen molar-refractivity contribution in [2.75, 3.05) is 5.75 Å². The van der Waals surface area contributed by atoms with Crippen LogP contribution in [0.1, 0.15) is 0 Å². The van der Waals surface area contributed by atoms with Crippen molar-refractivity contribution in [2.24, 2.45) is 0 Å². The molecule has 2 unspecified atom stereocenters. The first-order chi connectivity index (χ1) is 4.20. The molecule has 1 fully saturated rings. The van der Waals surface area contributed by atoms with Gasteiger partial charge in [-0.1, -0.05) is 22.6 Å². The highest BCUT2D eigenvalue weighted by Gasteiger charge is 2.23. The molecule has 0 aromatic carbocycles. The van der Waals surface area contributed by atoms with E-state index in [0.717, 1.165) is 5.75 Å². The maximum absolute atomic E-state index is 10.1. The molecule has 0 aromatic heterocycles. The van der Waals surface area contributed by atoms with Gasteiger partial charge in [-0.05, 0) is 0 Å². The number of carbonyl (C=O) groups is 1. The summed E-state index contributed by atoms with van der Waals surface area (Å²) in [7, 11) is 0. The number of hydrogen-bond acceptors (Lipinski definition) is 4. The number of alkyl halides is 1. The fraction of sp³-hybridized carbons (Fsp3) is 0.750. The standard InChI is InChI=1S/C4H5IO3S/c5-2-1-9-4(8-2)3(6)7/h2,4H,1H2,(H,6,7)/p-1. The Balaban J connectivity index is 2.39. The Hall–Kier alpha value is 0.510. The van der Waals surface area contributed by atoms with E-state index in [2.05, 4.69) is 0 Å². The van der Waals surface area contributed by atoms with Gasteiger partial charge in [-0.3, -0.25) is 0 Å². The summed E-state index contributed by atoms with van der Waals surface area (Å²) < 4.78 is 4.93. The number of hydrogen-bond donors (Lipinski definition) is 0. The van der Waals surface area contributed by atoms with E-state index >= 15 is 0 Å². The Morgan fingerprint density at radius 2 is 2.56 bits per heavy atom. The smallest absolute Gasteiger partial charge is 0.144 e. The Labute approximate surface area is 70.3 Å². The first-order valence-corrected chi connectivity index (χ1v) is 4.61. The number of rotatable bonds is 1. The molecular weight excluding hydrogens is 255 g/mol. The van der Waals surface area contributed by atoms with E-state index in [1.807, 2.05) is 22.6 Å². The van der Waals surface area contributed by atoms with Gasteiger partial charge in [-0.25, -0.2) is 0 Å². The number of carboxylic acid groups (broad SMARTS) is 1. The van der Waals surface area contributed by atoms with Crippen molar-refractivity contribution in [3.05, 3.63) is 0 Å². The van der Waals surface area contributed by atoms with Gasteiger partial charge in [0.1, 0.15) is 9.55 Å². The summed E-state index contributed by atoms with van der Waals surface area (Å²) >= 11 is 3.31. The van der Waals surface area contributed by atoms with Crippen LogP contribution in [0.25, 0.3) is 0 Å². The van der Waals surface area contributed by atoms with Gasteiger partial charge < -0.3 is 14.6 Å². The molecule has 1 aliphatic rings. The average molecular weight is 259 g/mol. The first kappa shape index (κ1) is 7.62. The number of aliphatic carboxylic acids is 1. The highest BCUT2D eigenvalue weighted by atomic mass is 127. The van der Waals surface area contributed by atoms with Gasteiger partial charge in [-0.2, -0.15) is 0 Å². The van der Waals surface area contributed by atoms with Gasteiger partial charge in [0.05, 0.1) is 5.97 Å². The molecule has 0 aliphatic carbocycles. The summed E-state index contributed by atoms with van der Waals surface area (Å²) in [6.07, 6.45) is 0. The molecule has 5 heteroatoms. The van der Waals surface area contributed by atoms with Crippen LogP contribution in [0.4, 0.5) is 0 Å². The van der Waals surface area contributed by atoms with Crippen molar-refractivity contribution in [2.45, 2.75) is 9.55 Å². The van der Waals surface area contributed by atoms with Crippen LogP contribution in [0.3, 0.4) is 0 Å². The number of carboxylic acids is 1. The van der Waals surface area contributed by atoms with E-state index < -0.39 is 11.4 Å². The molecule has 0 radical (unpaired) electrons. The zero-order valence-corrected chi connectivity index (χ0v) is 7.35. The number of carbonyl (C=O) groups excluding carboxylic acids is 1. The summed E-state index contributed by atoms with van der Waals surface area (Å²) in [5.74, 6) is -0.390. The molecule has 9 heavy (non-hydrogen) atoms. The Kier molecular flexibility index (Phi) is 2.59. The van der Waals surface area contributed by atoms with Gasteiger partial charge in [-0.15, -0.1) is 11.8 Å². The van der Waals surface area contributed by atoms with Crippen LogP contribution in [0.5, 0.6) is 0 Å². The van der Waals surface area contributed by atoms with Gasteiger partial charge in [0, 0.05) is 5.75 Å². The third-order valence-electron chi connectivity index (χ3n) is 0.842. The lowest BCUT2D eigenvalue weighted by Gasteiger charge is -2.08. The topological polar surface area (TPSA) is 49.4 Å². The third kappa shape index (κ3) is 1.98. The number of halogens is 1. The predicted molar refractivity (Wildman–Crippen MR) is 40.1 cm³/mol. The molecule has 0 saturated carbocycles. The van der Waals surface area contributed by atoms with Crippen LogP contribution in [0.2, 0.25) is 0 Å². The Bertz CT molecular complexity index is 129. The lowest BCUT2D eigenvalue weighted by Crippen LogP contribution is -2.33. The minimum Gasteiger partial charge on any atom is -0.546 e. The predicted octanol–water partition coefficient (Wildman–Crippen LogP) is -0.413. The van der Waals surface area contributed by atoms with E-state index in [0.29, 0.717) is 0 Å². The molecule has 0 amide bonds. The van der Waals surface area contributed by atoms with Crippen LogP contribution < -0.4 is 5.11 Å². The molecule has 1 heterocycles. The van der Waals surface area contributed by atoms with E-state index in [1.165, 1.54) is 11.8 Å². The minimum absolute atomic E-state index is 0.0236. The van der Waals surface area contributed by atoms with Gasteiger partial charge >= 0.3 is 0 Å². The maximum atomic E-state index is 10.1. The molecule has 1 aliphatic heterocycles.